The minimum Gasteiger partial charge on any atom is -0.353 e. The van der Waals surface area contributed by atoms with E-state index in [9.17, 15) is 13.2 Å². The molecule has 1 aromatic carbocycles. The lowest BCUT2D eigenvalue weighted by atomic mass is 10.3. The Labute approximate surface area is 164 Å². The summed E-state index contributed by atoms with van der Waals surface area (Å²) in [5.41, 5.74) is 0.560. The van der Waals surface area contributed by atoms with Crippen LogP contribution in [0, 0.1) is 0 Å². The molecular formula is C17H25N5O3S2. The predicted octanol–water partition coefficient (Wildman–Crippen LogP) is 1.79. The lowest BCUT2D eigenvalue weighted by molar-refractivity contribution is -0.119. The molecule has 8 nitrogen and oxygen atoms in total. The van der Waals surface area contributed by atoms with Gasteiger partial charge < -0.3 is 9.88 Å². The first-order valence-corrected chi connectivity index (χ1v) is 11.4. The predicted molar refractivity (Wildman–Crippen MR) is 107 cm³/mol. The highest BCUT2D eigenvalue weighted by atomic mass is 32.2. The highest BCUT2D eigenvalue weighted by Crippen LogP contribution is 2.21. The fourth-order valence-electron chi connectivity index (χ4n) is 2.28. The number of hydrogen-bond donors (Lipinski definition) is 1. The van der Waals surface area contributed by atoms with E-state index in [0.717, 1.165) is 12.7 Å². The van der Waals surface area contributed by atoms with E-state index in [1.165, 1.54) is 16.1 Å². The van der Waals surface area contributed by atoms with Gasteiger partial charge in [0.15, 0.2) is 11.0 Å². The van der Waals surface area contributed by atoms with Crippen molar-refractivity contribution in [3.05, 3.63) is 36.2 Å². The molecule has 0 aliphatic heterocycles. The minimum absolute atomic E-state index is 0.0615. The second-order valence-corrected chi connectivity index (χ2v) is 9.08. The Morgan fingerprint density at radius 2 is 1.96 bits per heavy atom. The first-order chi connectivity index (χ1) is 12.7. The number of sulfonamides is 1. The molecule has 2 rings (SSSR count). The Bertz CT molecular complexity index is 868. The molecule has 1 atom stereocenters. The van der Waals surface area contributed by atoms with Crippen LogP contribution in [0.4, 0.5) is 5.69 Å². The molecule has 0 unspecified atom stereocenters. The van der Waals surface area contributed by atoms with Crippen molar-refractivity contribution < 1.29 is 13.2 Å². The molecule has 148 valence electrons. The second-order valence-electron chi connectivity index (χ2n) is 6.23. The zero-order chi connectivity index (χ0) is 20.0. The molecule has 2 aromatic rings. The monoisotopic (exact) mass is 411 g/mol. The fourth-order valence-corrected chi connectivity index (χ4v) is 3.88. The van der Waals surface area contributed by atoms with Crippen LogP contribution in [0.2, 0.25) is 0 Å². The molecular weight excluding hydrogens is 386 g/mol. The Balaban J connectivity index is 2.10. The van der Waals surface area contributed by atoms with Gasteiger partial charge in [0.05, 0.1) is 24.2 Å². The maximum Gasteiger partial charge on any atom is 0.232 e. The number of benzene rings is 1. The van der Waals surface area contributed by atoms with Gasteiger partial charge in [0.2, 0.25) is 15.9 Å². The van der Waals surface area contributed by atoms with Crippen LogP contribution in [0.5, 0.6) is 0 Å². The molecule has 27 heavy (non-hydrogen) atoms. The van der Waals surface area contributed by atoms with Crippen LogP contribution in [-0.4, -0.2) is 47.1 Å². The van der Waals surface area contributed by atoms with Crippen LogP contribution in [0.1, 0.15) is 26.1 Å². The van der Waals surface area contributed by atoms with Gasteiger partial charge in [0.25, 0.3) is 0 Å². The van der Waals surface area contributed by atoms with E-state index in [0.29, 0.717) is 16.7 Å². The zero-order valence-corrected chi connectivity index (χ0v) is 17.5. The quantitative estimate of drug-likeness (QED) is 0.632. The smallest absolute Gasteiger partial charge is 0.232 e. The van der Waals surface area contributed by atoms with Gasteiger partial charge in [0, 0.05) is 13.1 Å². The van der Waals surface area contributed by atoms with Crippen LogP contribution in [0.15, 0.2) is 35.5 Å². The molecule has 0 saturated heterocycles. The van der Waals surface area contributed by atoms with E-state index < -0.39 is 10.0 Å². The summed E-state index contributed by atoms with van der Waals surface area (Å²) in [6.07, 6.45) is 2.02. The number of aromatic nitrogens is 3. The summed E-state index contributed by atoms with van der Waals surface area (Å²) in [7, 11) is -1.72. The molecule has 1 N–H and O–H groups in total. The summed E-state index contributed by atoms with van der Waals surface area (Å²) in [5.74, 6) is 0.653. The number of rotatable bonds is 9. The number of nitrogens with one attached hydrogen (secondary N) is 1. The second kappa shape index (κ2) is 9.23. The molecule has 1 aromatic heterocycles. The number of carbonyl (C=O) groups excluding carboxylic acids is 1. The molecule has 0 spiro atoms. The van der Waals surface area contributed by atoms with Crippen LogP contribution in [0.25, 0.3) is 0 Å². The molecule has 0 aliphatic rings. The number of nitrogens with zero attached hydrogens (tertiary/aromatic N) is 4. The highest BCUT2D eigenvalue weighted by Gasteiger charge is 2.21. The van der Waals surface area contributed by atoms with Crippen LogP contribution < -0.4 is 9.62 Å². The maximum atomic E-state index is 12.2. The Kier molecular flexibility index (Phi) is 7.25. The summed E-state index contributed by atoms with van der Waals surface area (Å²) >= 11 is 1.27. The summed E-state index contributed by atoms with van der Waals surface area (Å²) in [5, 5.41) is 11.6. The minimum atomic E-state index is -3.48. The molecule has 1 heterocycles. The van der Waals surface area contributed by atoms with Crippen molar-refractivity contribution in [1.82, 2.24) is 20.1 Å². The maximum absolute atomic E-state index is 12.2. The molecule has 0 aliphatic carbocycles. The molecule has 1 amide bonds. The molecule has 0 bridgehead atoms. The molecule has 0 saturated carbocycles. The Morgan fingerprint density at radius 3 is 2.56 bits per heavy atom. The van der Waals surface area contributed by atoms with Crippen molar-refractivity contribution >= 4 is 33.4 Å². The SMILES string of the molecule is CC[C@@H](C)NC(=O)CSc1nnc(CN(c2ccccc2)S(C)(=O)=O)n1C. The van der Waals surface area contributed by atoms with Gasteiger partial charge in [-0.2, -0.15) is 0 Å². The Hall–Kier alpha value is -2.07. The first-order valence-electron chi connectivity index (χ1n) is 8.55. The van der Waals surface area contributed by atoms with Gasteiger partial charge in [-0.15, -0.1) is 10.2 Å². The molecule has 0 fully saturated rings. The van der Waals surface area contributed by atoms with E-state index in [1.54, 1.807) is 35.9 Å². The number of anilines is 1. The number of carbonyl (C=O) groups is 1. The van der Waals surface area contributed by atoms with Crippen molar-refractivity contribution in [1.29, 1.82) is 0 Å². The van der Waals surface area contributed by atoms with Crippen molar-refractivity contribution in [2.75, 3.05) is 16.3 Å². The summed E-state index contributed by atoms with van der Waals surface area (Å²) in [6, 6.07) is 8.97. The number of hydrogen-bond acceptors (Lipinski definition) is 6. The van der Waals surface area contributed by atoms with Crippen LogP contribution >= 0.6 is 11.8 Å². The van der Waals surface area contributed by atoms with Crippen LogP contribution in [0.3, 0.4) is 0 Å². The third kappa shape index (κ3) is 5.96. The van der Waals surface area contributed by atoms with E-state index in [2.05, 4.69) is 15.5 Å². The van der Waals surface area contributed by atoms with E-state index in [4.69, 9.17) is 0 Å². The van der Waals surface area contributed by atoms with Gasteiger partial charge in [-0.05, 0) is 25.5 Å². The molecule has 0 radical (unpaired) electrons. The van der Waals surface area contributed by atoms with Crippen molar-refractivity contribution in [2.45, 2.75) is 38.0 Å². The van der Waals surface area contributed by atoms with Crippen molar-refractivity contribution in [2.24, 2.45) is 7.05 Å². The van der Waals surface area contributed by atoms with Crippen molar-refractivity contribution in [3.8, 4) is 0 Å². The van der Waals surface area contributed by atoms with E-state index in [-0.39, 0.29) is 24.2 Å². The summed E-state index contributed by atoms with van der Waals surface area (Å²) in [6.45, 7) is 4.02. The van der Waals surface area contributed by atoms with Crippen LogP contribution in [-0.2, 0) is 28.4 Å². The third-order valence-electron chi connectivity index (χ3n) is 4.01. The first kappa shape index (κ1) is 21.2. The average molecular weight is 412 g/mol. The van der Waals surface area contributed by atoms with Gasteiger partial charge in [-0.1, -0.05) is 36.9 Å². The van der Waals surface area contributed by atoms with E-state index >= 15 is 0 Å². The topological polar surface area (TPSA) is 97.2 Å². The Morgan fingerprint density at radius 1 is 1.30 bits per heavy atom. The van der Waals surface area contributed by atoms with E-state index in [1.807, 2.05) is 19.9 Å². The standard InChI is InChI=1S/C17H25N5O3S2/c1-5-13(2)18-16(23)12-26-17-20-19-15(21(17)3)11-22(27(4,24)25)14-9-7-6-8-10-14/h6-10,13H,5,11-12H2,1-4H3,(H,18,23)/t13-/m1/s1. The lowest BCUT2D eigenvalue weighted by Crippen LogP contribution is -2.33. The van der Waals surface area contributed by atoms with Gasteiger partial charge in [0.1, 0.15) is 0 Å². The number of thioether (sulfide) groups is 1. The highest BCUT2D eigenvalue weighted by molar-refractivity contribution is 7.99. The normalized spacial score (nSPS) is 12.6. The zero-order valence-electron chi connectivity index (χ0n) is 15.9. The lowest BCUT2D eigenvalue weighted by Gasteiger charge is -2.21. The van der Waals surface area contributed by atoms with Gasteiger partial charge >= 0.3 is 0 Å². The fraction of sp³-hybridized carbons (Fsp3) is 0.471. The van der Waals surface area contributed by atoms with Gasteiger partial charge in [-0.25, -0.2) is 8.42 Å². The number of amides is 1. The van der Waals surface area contributed by atoms with Gasteiger partial charge in [-0.3, -0.25) is 9.10 Å². The number of para-hydroxylation sites is 1. The molecule has 10 heteroatoms. The average Bonchev–Trinajstić information content (AvgIpc) is 2.97. The largest absolute Gasteiger partial charge is 0.353 e. The summed E-state index contributed by atoms with van der Waals surface area (Å²) in [4.78, 5) is 11.9. The third-order valence-corrected chi connectivity index (χ3v) is 6.17. The van der Waals surface area contributed by atoms with Crippen molar-refractivity contribution in [3.63, 3.8) is 0 Å². The summed E-state index contributed by atoms with van der Waals surface area (Å²) < 4.78 is 27.4.